The molecule has 0 heterocycles. The van der Waals surface area contributed by atoms with Crippen LogP contribution in [0, 0.1) is 0 Å². The number of ether oxygens (including phenoxy) is 2. The molecule has 0 bridgehead atoms. The van der Waals surface area contributed by atoms with Crippen LogP contribution in [0.1, 0.15) is 0 Å². The van der Waals surface area contributed by atoms with Gasteiger partial charge >= 0.3 is 0 Å². The van der Waals surface area contributed by atoms with Crippen molar-refractivity contribution in [3.8, 4) is 11.5 Å². The van der Waals surface area contributed by atoms with Crippen molar-refractivity contribution in [3.05, 3.63) is 103 Å². The maximum absolute atomic E-state index is 9.66. The van der Waals surface area contributed by atoms with Gasteiger partial charge in [-0.1, -0.05) is 48.5 Å². The Balaban J connectivity index is 1.45. The first kappa shape index (κ1) is 26.8. The van der Waals surface area contributed by atoms with Gasteiger partial charge in [-0.05, 0) is 81.5 Å². The van der Waals surface area contributed by atoms with Gasteiger partial charge in [0.15, 0.2) is 0 Å². The summed E-state index contributed by atoms with van der Waals surface area (Å²) in [6, 6.07) is 34.5. The van der Waals surface area contributed by atoms with Gasteiger partial charge in [0.25, 0.3) is 0 Å². The topological polar surface area (TPSA) is 103 Å². The Bertz CT molecular complexity index is 1680. The lowest BCUT2D eigenvalue weighted by atomic mass is 9.93. The normalized spacial score (nSPS) is 13.1. The number of hydrogen-bond acceptors (Lipinski definition) is 7. The third kappa shape index (κ3) is 5.36. The highest BCUT2D eigenvalue weighted by Gasteiger charge is 2.19. The molecular formula is C34H31NO6. The van der Waals surface area contributed by atoms with Gasteiger partial charge in [-0.2, -0.15) is 0 Å². The summed E-state index contributed by atoms with van der Waals surface area (Å²) < 4.78 is 11.3. The number of benzene rings is 6. The van der Waals surface area contributed by atoms with E-state index in [1.807, 2.05) is 48.5 Å². The molecule has 0 aliphatic rings. The van der Waals surface area contributed by atoms with E-state index in [1.165, 1.54) is 26.9 Å². The van der Waals surface area contributed by atoms with Gasteiger partial charge in [0.1, 0.15) is 36.9 Å². The van der Waals surface area contributed by atoms with E-state index < -0.39 is 12.2 Å². The third-order valence-corrected chi connectivity index (χ3v) is 7.24. The van der Waals surface area contributed by atoms with E-state index in [4.69, 9.17) is 19.7 Å². The molecule has 208 valence electrons. The van der Waals surface area contributed by atoms with Gasteiger partial charge in [-0.3, -0.25) is 0 Å². The maximum atomic E-state index is 9.66. The SMILES string of the molecule is OCC(O)COc1ccc(N(c2ccc(OCC(O)CO)cc2)c2ccc3ccc4cccc5ccc2c3c45)cc1. The summed E-state index contributed by atoms with van der Waals surface area (Å²) in [4.78, 5) is 2.17. The average molecular weight is 550 g/mol. The van der Waals surface area contributed by atoms with Crippen LogP contribution >= 0.6 is 0 Å². The van der Waals surface area contributed by atoms with Crippen molar-refractivity contribution in [1.82, 2.24) is 0 Å². The van der Waals surface area contributed by atoms with Gasteiger partial charge < -0.3 is 34.8 Å². The second kappa shape index (κ2) is 11.6. The molecule has 0 amide bonds. The van der Waals surface area contributed by atoms with Crippen LogP contribution < -0.4 is 14.4 Å². The van der Waals surface area contributed by atoms with Crippen LogP contribution in [-0.2, 0) is 0 Å². The monoisotopic (exact) mass is 549 g/mol. The molecule has 0 aromatic heterocycles. The summed E-state index contributed by atoms with van der Waals surface area (Å²) in [5.74, 6) is 1.17. The molecule has 41 heavy (non-hydrogen) atoms. The van der Waals surface area contributed by atoms with Crippen LogP contribution in [0.2, 0.25) is 0 Å². The number of nitrogens with zero attached hydrogens (tertiary/aromatic N) is 1. The second-order valence-electron chi connectivity index (χ2n) is 10.1. The molecule has 4 N–H and O–H groups in total. The lowest BCUT2D eigenvalue weighted by Crippen LogP contribution is -2.21. The molecule has 0 aliphatic carbocycles. The molecule has 6 rings (SSSR count). The van der Waals surface area contributed by atoms with E-state index in [2.05, 4.69) is 59.5 Å². The van der Waals surface area contributed by atoms with Crippen LogP contribution in [0.25, 0.3) is 32.3 Å². The van der Waals surface area contributed by atoms with Crippen LogP contribution in [0.4, 0.5) is 17.1 Å². The molecule has 0 radical (unpaired) electrons. The van der Waals surface area contributed by atoms with Crippen molar-refractivity contribution < 1.29 is 29.9 Å². The highest BCUT2D eigenvalue weighted by molar-refractivity contribution is 6.25. The Morgan fingerprint density at radius 3 is 1.51 bits per heavy atom. The standard InChI is InChI=1S/C34H31NO6/c36-18-27(38)20-40-29-12-8-25(9-13-29)35(26-10-14-30(15-11-26)41-21-28(39)19-37)32-17-7-24-5-4-22-2-1-3-23-6-16-31(32)34(24)33(22)23/h1-17,27-28,36-39H,18-21H2. The molecule has 7 nitrogen and oxygen atoms in total. The zero-order valence-electron chi connectivity index (χ0n) is 22.4. The van der Waals surface area contributed by atoms with Gasteiger partial charge in [0.05, 0.1) is 18.9 Å². The first-order chi connectivity index (χ1) is 20.1. The molecule has 2 atom stereocenters. The minimum absolute atomic E-state index is 0.00102. The van der Waals surface area contributed by atoms with Crippen molar-refractivity contribution in [2.24, 2.45) is 0 Å². The highest BCUT2D eigenvalue weighted by atomic mass is 16.5. The maximum Gasteiger partial charge on any atom is 0.119 e. The molecule has 0 saturated heterocycles. The molecule has 7 heteroatoms. The predicted molar refractivity (Wildman–Crippen MR) is 162 cm³/mol. The molecule has 6 aromatic carbocycles. The van der Waals surface area contributed by atoms with Crippen molar-refractivity contribution in [1.29, 1.82) is 0 Å². The quantitative estimate of drug-likeness (QED) is 0.158. The molecule has 0 saturated carbocycles. The van der Waals surface area contributed by atoms with E-state index in [9.17, 15) is 10.2 Å². The summed E-state index contributed by atoms with van der Waals surface area (Å²) >= 11 is 0. The molecule has 0 spiro atoms. The van der Waals surface area contributed by atoms with Gasteiger partial charge in [-0.25, -0.2) is 0 Å². The molecule has 2 unspecified atom stereocenters. The Kier molecular flexibility index (Phi) is 7.59. The van der Waals surface area contributed by atoms with Gasteiger partial charge in [0, 0.05) is 16.8 Å². The molecule has 0 fully saturated rings. The number of aliphatic hydroxyl groups is 4. The van der Waals surface area contributed by atoms with Crippen LogP contribution in [0.5, 0.6) is 11.5 Å². The summed E-state index contributed by atoms with van der Waals surface area (Å²) in [6.07, 6.45) is -1.88. The number of aliphatic hydroxyl groups excluding tert-OH is 4. The van der Waals surface area contributed by atoms with E-state index in [-0.39, 0.29) is 26.4 Å². The summed E-state index contributed by atoms with van der Waals surface area (Å²) in [7, 11) is 0. The minimum atomic E-state index is -0.942. The molecule has 6 aromatic rings. The number of hydrogen-bond donors (Lipinski definition) is 4. The summed E-state index contributed by atoms with van der Waals surface area (Å²) in [6.45, 7) is -0.722. The second-order valence-corrected chi connectivity index (χ2v) is 10.1. The average Bonchev–Trinajstić information content (AvgIpc) is 3.03. The zero-order valence-corrected chi connectivity index (χ0v) is 22.4. The Morgan fingerprint density at radius 1 is 0.537 bits per heavy atom. The fourth-order valence-corrected chi connectivity index (χ4v) is 5.22. The number of rotatable bonds is 11. The van der Waals surface area contributed by atoms with Crippen LogP contribution in [0.15, 0.2) is 103 Å². The first-order valence-corrected chi connectivity index (χ1v) is 13.6. The Hall–Kier alpha value is -4.40. The third-order valence-electron chi connectivity index (χ3n) is 7.24. The van der Waals surface area contributed by atoms with Crippen molar-refractivity contribution in [2.75, 3.05) is 31.3 Å². The lowest BCUT2D eigenvalue weighted by Gasteiger charge is -2.28. The van der Waals surface area contributed by atoms with E-state index in [1.54, 1.807) is 0 Å². The fourth-order valence-electron chi connectivity index (χ4n) is 5.22. The summed E-state index contributed by atoms with van der Waals surface area (Å²) in [5, 5.41) is 44.6. The van der Waals surface area contributed by atoms with Crippen LogP contribution in [0.3, 0.4) is 0 Å². The lowest BCUT2D eigenvalue weighted by molar-refractivity contribution is 0.0536. The first-order valence-electron chi connectivity index (χ1n) is 13.6. The Labute approximate surface area is 237 Å². The molecular weight excluding hydrogens is 518 g/mol. The highest BCUT2D eigenvalue weighted by Crippen LogP contribution is 2.44. The van der Waals surface area contributed by atoms with E-state index in [0.717, 1.165) is 22.4 Å². The Morgan fingerprint density at radius 2 is 1.00 bits per heavy atom. The van der Waals surface area contributed by atoms with Crippen molar-refractivity contribution in [3.63, 3.8) is 0 Å². The smallest absolute Gasteiger partial charge is 0.119 e. The molecule has 0 aliphatic heterocycles. The van der Waals surface area contributed by atoms with Gasteiger partial charge in [-0.15, -0.1) is 0 Å². The predicted octanol–water partition coefficient (Wildman–Crippen LogP) is 5.52. The van der Waals surface area contributed by atoms with Gasteiger partial charge in [0.2, 0.25) is 0 Å². The fraction of sp³-hybridized carbons (Fsp3) is 0.176. The van der Waals surface area contributed by atoms with Crippen molar-refractivity contribution >= 4 is 49.4 Å². The summed E-state index contributed by atoms with van der Waals surface area (Å²) in [5.41, 5.74) is 2.81. The van der Waals surface area contributed by atoms with E-state index in [0.29, 0.717) is 11.5 Å². The minimum Gasteiger partial charge on any atom is -0.491 e. The van der Waals surface area contributed by atoms with E-state index >= 15 is 0 Å². The largest absolute Gasteiger partial charge is 0.491 e. The van der Waals surface area contributed by atoms with Crippen LogP contribution in [-0.4, -0.2) is 59.1 Å². The zero-order chi connectivity index (χ0) is 28.3. The number of anilines is 3. The van der Waals surface area contributed by atoms with Crippen molar-refractivity contribution in [2.45, 2.75) is 12.2 Å².